The summed E-state index contributed by atoms with van der Waals surface area (Å²) in [5.74, 6) is -1.36. The second-order valence-electron chi connectivity index (χ2n) is 4.07. The monoisotopic (exact) mass is 222 g/mol. The molecule has 5 nitrogen and oxygen atoms in total. The maximum absolute atomic E-state index is 11.8. The van der Waals surface area contributed by atoms with Gasteiger partial charge in [-0.3, -0.25) is 9.59 Å². The molecule has 1 aromatic rings. The molecule has 0 spiro atoms. The van der Waals surface area contributed by atoms with Crippen LogP contribution in [0.15, 0.2) is 18.3 Å². The molecule has 1 fully saturated rings. The third-order valence-electron chi connectivity index (χ3n) is 2.67. The highest BCUT2D eigenvalue weighted by atomic mass is 16.4. The van der Waals surface area contributed by atoms with Crippen molar-refractivity contribution in [3.05, 3.63) is 24.0 Å². The quantitative estimate of drug-likeness (QED) is 0.799. The fourth-order valence-electron chi connectivity index (χ4n) is 1.59. The van der Waals surface area contributed by atoms with Crippen molar-refractivity contribution >= 4 is 11.9 Å². The van der Waals surface area contributed by atoms with Crippen LogP contribution in [0.2, 0.25) is 0 Å². The molecular formula is C11H14N2O3. The van der Waals surface area contributed by atoms with Gasteiger partial charge in [-0.1, -0.05) is 0 Å². The van der Waals surface area contributed by atoms with Gasteiger partial charge in [-0.05, 0) is 31.9 Å². The van der Waals surface area contributed by atoms with Gasteiger partial charge in [0.05, 0.1) is 0 Å². The SMILES string of the molecule is C[C@@H](NC(=O)c1cccn1C1CC1)C(=O)O. The molecule has 1 atom stereocenters. The molecular weight excluding hydrogens is 208 g/mol. The lowest BCUT2D eigenvalue weighted by Gasteiger charge is -2.11. The van der Waals surface area contributed by atoms with Gasteiger partial charge < -0.3 is 15.0 Å². The molecule has 1 amide bonds. The average molecular weight is 222 g/mol. The highest BCUT2D eigenvalue weighted by Gasteiger charge is 2.27. The lowest BCUT2D eigenvalue weighted by molar-refractivity contribution is -0.138. The predicted octanol–water partition coefficient (Wildman–Crippen LogP) is 1.03. The zero-order valence-corrected chi connectivity index (χ0v) is 9.01. The number of amides is 1. The number of hydrogen-bond donors (Lipinski definition) is 2. The van der Waals surface area contributed by atoms with Gasteiger partial charge in [0, 0.05) is 12.2 Å². The molecule has 5 heteroatoms. The zero-order chi connectivity index (χ0) is 11.7. The van der Waals surface area contributed by atoms with Gasteiger partial charge in [-0.25, -0.2) is 0 Å². The molecule has 2 N–H and O–H groups in total. The number of nitrogens with one attached hydrogen (secondary N) is 1. The Morgan fingerprint density at radius 1 is 1.56 bits per heavy atom. The minimum atomic E-state index is -1.03. The molecule has 1 aromatic heterocycles. The Morgan fingerprint density at radius 3 is 2.81 bits per heavy atom. The van der Waals surface area contributed by atoms with Gasteiger partial charge in [-0.2, -0.15) is 0 Å². The van der Waals surface area contributed by atoms with E-state index >= 15 is 0 Å². The molecule has 0 aromatic carbocycles. The molecule has 1 aliphatic carbocycles. The summed E-state index contributed by atoms with van der Waals surface area (Å²) in [6.07, 6.45) is 4.03. The normalized spacial score (nSPS) is 16.8. The Hall–Kier alpha value is -1.78. The molecule has 0 unspecified atom stereocenters. The van der Waals surface area contributed by atoms with Crippen molar-refractivity contribution in [2.75, 3.05) is 0 Å². The number of carboxylic acid groups (broad SMARTS) is 1. The van der Waals surface area contributed by atoms with E-state index in [0.29, 0.717) is 11.7 Å². The van der Waals surface area contributed by atoms with E-state index in [0.717, 1.165) is 12.8 Å². The van der Waals surface area contributed by atoms with Crippen LogP contribution in [-0.4, -0.2) is 27.6 Å². The fourth-order valence-corrected chi connectivity index (χ4v) is 1.59. The van der Waals surface area contributed by atoms with Crippen LogP contribution in [0.5, 0.6) is 0 Å². The highest BCUT2D eigenvalue weighted by Crippen LogP contribution is 2.35. The number of carboxylic acids is 1. The van der Waals surface area contributed by atoms with Crippen molar-refractivity contribution in [2.24, 2.45) is 0 Å². The second kappa shape index (κ2) is 4.00. The molecule has 16 heavy (non-hydrogen) atoms. The molecule has 1 saturated carbocycles. The Bertz CT molecular complexity index is 421. The van der Waals surface area contributed by atoms with E-state index in [1.54, 1.807) is 12.1 Å². The summed E-state index contributed by atoms with van der Waals surface area (Å²) in [4.78, 5) is 22.4. The van der Waals surface area contributed by atoms with Crippen LogP contribution in [0.4, 0.5) is 0 Å². The van der Waals surface area contributed by atoms with Gasteiger partial charge in [0.25, 0.3) is 5.91 Å². The molecule has 1 aliphatic rings. The summed E-state index contributed by atoms with van der Waals surface area (Å²) in [6.45, 7) is 1.45. The number of nitrogens with zero attached hydrogens (tertiary/aromatic N) is 1. The highest BCUT2D eigenvalue weighted by molar-refractivity contribution is 5.95. The number of carbonyl (C=O) groups is 2. The molecule has 0 aliphatic heterocycles. The summed E-state index contributed by atoms with van der Waals surface area (Å²) in [5.41, 5.74) is 0.538. The van der Waals surface area contributed by atoms with Gasteiger partial charge in [0.1, 0.15) is 11.7 Å². The number of hydrogen-bond acceptors (Lipinski definition) is 2. The Morgan fingerprint density at radius 2 is 2.25 bits per heavy atom. The first-order chi connectivity index (χ1) is 7.59. The Balaban J connectivity index is 2.08. The van der Waals surface area contributed by atoms with E-state index in [9.17, 15) is 9.59 Å². The lowest BCUT2D eigenvalue weighted by atomic mass is 10.3. The molecule has 86 valence electrons. The van der Waals surface area contributed by atoms with Crippen LogP contribution in [0.3, 0.4) is 0 Å². The topological polar surface area (TPSA) is 71.3 Å². The van der Waals surface area contributed by atoms with E-state index in [1.807, 2.05) is 10.8 Å². The van der Waals surface area contributed by atoms with E-state index in [4.69, 9.17) is 5.11 Å². The molecule has 1 heterocycles. The minimum absolute atomic E-state index is 0.327. The van der Waals surface area contributed by atoms with Crippen LogP contribution >= 0.6 is 0 Å². The number of rotatable bonds is 4. The van der Waals surface area contributed by atoms with Crippen molar-refractivity contribution in [1.29, 1.82) is 0 Å². The number of carbonyl (C=O) groups excluding carboxylic acids is 1. The third-order valence-corrected chi connectivity index (χ3v) is 2.67. The minimum Gasteiger partial charge on any atom is -0.480 e. The van der Waals surface area contributed by atoms with Crippen molar-refractivity contribution in [3.63, 3.8) is 0 Å². The Labute approximate surface area is 93.1 Å². The van der Waals surface area contributed by atoms with Gasteiger partial charge >= 0.3 is 5.97 Å². The van der Waals surface area contributed by atoms with Crippen LogP contribution in [0.25, 0.3) is 0 Å². The maximum atomic E-state index is 11.8. The van der Waals surface area contributed by atoms with E-state index in [2.05, 4.69) is 5.32 Å². The van der Waals surface area contributed by atoms with Crippen LogP contribution in [0, 0.1) is 0 Å². The number of aromatic nitrogens is 1. The van der Waals surface area contributed by atoms with E-state index in [1.165, 1.54) is 6.92 Å². The third kappa shape index (κ3) is 2.08. The first-order valence-corrected chi connectivity index (χ1v) is 5.30. The van der Waals surface area contributed by atoms with Crippen molar-refractivity contribution in [3.8, 4) is 0 Å². The van der Waals surface area contributed by atoms with Crippen molar-refractivity contribution in [1.82, 2.24) is 9.88 Å². The average Bonchev–Trinajstić information content (AvgIpc) is 2.95. The standard InChI is InChI=1S/C11H14N2O3/c1-7(11(15)16)12-10(14)9-3-2-6-13(9)8-4-5-8/h2-3,6-8H,4-5H2,1H3,(H,12,14)(H,15,16)/t7-/m1/s1. The number of aliphatic carboxylic acids is 1. The summed E-state index contributed by atoms with van der Waals surface area (Å²) in [5, 5.41) is 11.1. The molecule has 0 radical (unpaired) electrons. The molecule has 0 saturated heterocycles. The first kappa shape index (κ1) is 10.7. The first-order valence-electron chi connectivity index (χ1n) is 5.30. The van der Waals surface area contributed by atoms with Crippen molar-refractivity contribution < 1.29 is 14.7 Å². The van der Waals surface area contributed by atoms with Crippen molar-refractivity contribution in [2.45, 2.75) is 31.8 Å². The van der Waals surface area contributed by atoms with Crippen LogP contribution in [-0.2, 0) is 4.79 Å². The maximum Gasteiger partial charge on any atom is 0.325 e. The van der Waals surface area contributed by atoms with E-state index in [-0.39, 0.29) is 5.91 Å². The lowest BCUT2D eigenvalue weighted by Crippen LogP contribution is -2.39. The Kier molecular flexibility index (Phi) is 2.68. The van der Waals surface area contributed by atoms with Gasteiger partial charge in [0.15, 0.2) is 0 Å². The van der Waals surface area contributed by atoms with Gasteiger partial charge in [0.2, 0.25) is 0 Å². The largest absolute Gasteiger partial charge is 0.480 e. The summed E-state index contributed by atoms with van der Waals surface area (Å²) < 4.78 is 1.91. The smallest absolute Gasteiger partial charge is 0.325 e. The predicted molar refractivity (Wildman–Crippen MR) is 57.3 cm³/mol. The van der Waals surface area contributed by atoms with E-state index < -0.39 is 12.0 Å². The van der Waals surface area contributed by atoms with Gasteiger partial charge in [-0.15, -0.1) is 0 Å². The van der Waals surface area contributed by atoms with Crippen LogP contribution in [0.1, 0.15) is 36.3 Å². The van der Waals surface area contributed by atoms with Crippen LogP contribution < -0.4 is 5.32 Å². The summed E-state index contributed by atoms with van der Waals surface area (Å²) >= 11 is 0. The summed E-state index contributed by atoms with van der Waals surface area (Å²) in [7, 11) is 0. The molecule has 2 rings (SSSR count). The zero-order valence-electron chi connectivity index (χ0n) is 9.01. The summed E-state index contributed by atoms with van der Waals surface area (Å²) in [6, 6.07) is 3.06. The fraction of sp³-hybridized carbons (Fsp3) is 0.455. The molecule has 0 bridgehead atoms. The second-order valence-corrected chi connectivity index (χ2v) is 4.07.